The fourth-order valence-electron chi connectivity index (χ4n) is 2.89. The molecule has 1 heteroatoms. The quantitative estimate of drug-likeness (QED) is 0.553. The second kappa shape index (κ2) is 8.13. The van der Waals surface area contributed by atoms with Gasteiger partial charge >= 0.3 is 0 Å². The van der Waals surface area contributed by atoms with Crippen LogP contribution in [0.5, 0.6) is 0 Å². The van der Waals surface area contributed by atoms with Crippen molar-refractivity contribution in [3.05, 3.63) is 0 Å². The van der Waals surface area contributed by atoms with E-state index in [0.717, 1.165) is 0 Å². The summed E-state index contributed by atoms with van der Waals surface area (Å²) in [6, 6.07) is 0. The predicted octanol–water partition coefficient (Wildman–Crippen LogP) is 5.28. The molecule has 17 heavy (non-hydrogen) atoms. The number of nitrogens with two attached hydrogens (primary N) is 1. The lowest BCUT2D eigenvalue weighted by atomic mass is 9.63. The summed E-state index contributed by atoms with van der Waals surface area (Å²) < 4.78 is 0. The SMILES string of the molecule is CCCCC(CCCC)(CCCC)C(C)(C)N. The van der Waals surface area contributed by atoms with Crippen molar-refractivity contribution in [3.8, 4) is 0 Å². The summed E-state index contributed by atoms with van der Waals surface area (Å²) in [5.41, 5.74) is 6.87. The predicted molar refractivity (Wildman–Crippen MR) is 79.3 cm³/mol. The summed E-state index contributed by atoms with van der Waals surface area (Å²) in [7, 11) is 0. The maximum absolute atomic E-state index is 6.54. The normalized spacial score (nSPS) is 13.1. The van der Waals surface area contributed by atoms with Crippen LogP contribution in [0.3, 0.4) is 0 Å². The highest BCUT2D eigenvalue weighted by atomic mass is 14.8. The lowest BCUT2D eigenvalue weighted by molar-refractivity contribution is 0.0968. The molecule has 0 aliphatic heterocycles. The fourth-order valence-corrected chi connectivity index (χ4v) is 2.89. The highest BCUT2D eigenvalue weighted by molar-refractivity contribution is 4.96. The van der Waals surface area contributed by atoms with Gasteiger partial charge < -0.3 is 5.73 Å². The largest absolute Gasteiger partial charge is 0.325 e. The Morgan fingerprint density at radius 3 is 1.18 bits per heavy atom. The molecule has 0 amide bonds. The van der Waals surface area contributed by atoms with Crippen molar-refractivity contribution < 1.29 is 0 Å². The molecule has 0 aliphatic carbocycles. The molecule has 0 unspecified atom stereocenters. The Bertz CT molecular complexity index is 157. The molecule has 2 N–H and O–H groups in total. The minimum Gasteiger partial charge on any atom is -0.325 e. The van der Waals surface area contributed by atoms with Crippen LogP contribution >= 0.6 is 0 Å². The molecule has 0 atom stereocenters. The lowest BCUT2D eigenvalue weighted by Gasteiger charge is -2.46. The number of unbranched alkanes of at least 4 members (excludes halogenated alkanes) is 3. The van der Waals surface area contributed by atoms with Gasteiger partial charge in [0, 0.05) is 5.54 Å². The molecular formula is C16H35N. The molecule has 0 saturated carbocycles. The Morgan fingerprint density at radius 2 is 1.00 bits per heavy atom. The molecule has 0 fully saturated rings. The summed E-state index contributed by atoms with van der Waals surface area (Å²) in [5, 5.41) is 0. The van der Waals surface area contributed by atoms with E-state index < -0.39 is 0 Å². The summed E-state index contributed by atoms with van der Waals surface area (Å²) in [5.74, 6) is 0. The zero-order valence-corrected chi connectivity index (χ0v) is 12.9. The number of rotatable bonds is 10. The van der Waals surface area contributed by atoms with Crippen molar-refractivity contribution in [2.45, 2.75) is 97.9 Å². The molecule has 0 aromatic carbocycles. The molecule has 1 nitrogen and oxygen atoms in total. The van der Waals surface area contributed by atoms with E-state index in [1.807, 2.05) is 0 Å². The first-order chi connectivity index (χ1) is 7.93. The van der Waals surface area contributed by atoms with Gasteiger partial charge in [-0.2, -0.15) is 0 Å². The highest BCUT2D eigenvalue weighted by Crippen LogP contribution is 2.44. The molecular weight excluding hydrogens is 206 g/mol. The third kappa shape index (κ3) is 5.42. The van der Waals surface area contributed by atoms with Gasteiger partial charge in [-0.25, -0.2) is 0 Å². The first-order valence-electron chi connectivity index (χ1n) is 7.72. The van der Waals surface area contributed by atoms with Crippen LogP contribution in [-0.4, -0.2) is 5.54 Å². The monoisotopic (exact) mass is 241 g/mol. The van der Waals surface area contributed by atoms with Gasteiger partial charge in [-0.1, -0.05) is 59.3 Å². The third-order valence-electron chi connectivity index (χ3n) is 4.39. The molecule has 0 radical (unpaired) electrons. The lowest BCUT2D eigenvalue weighted by Crippen LogP contribution is -2.51. The first-order valence-corrected chi connectivity index (χ1v) is 7.72. The van der Waals surface area contributed by atoms with Crippen LogP contribution in [-0.2, 0) is 0 Å². The summed E-state index contributed by atoms with van der Waals surface area (Å²) in [6.45, 7) is 11.3. The molecule has 0 aliphatic rings. The van der Waals surface area contributed by atoms with Gasteiger partial charge in [0.1, 0.15) is 0 Å². The maximum Gasteiger partial charge on any atom is 0.0154 e. The Kier molecular flexibility index (Phi) is 8.11. The van der Waals surface area contributed by atoms with Crippen molar-refractivity contribution in [2.24, 2.45) is 11.1 Å². The molecule has 0 heterocycles. The Labute approximate surface area is 110 Å². The summed E-state index contributed by atoms with van der Waals surface area (Å²) >= 11 is 0. The van der Waals surface area contributed by atoms with E-state index in [0.29, 0.717) is 5.41 Å². The van der Waals surface area contributed by atoms with Gasteiger partial charge in [0.2, 0.25) is 0 Å². The van der Waals surface area contributed by atoms with E-state index >= 15 is 0 Å². The topological polar surface area (TPSA) is 26.0 Å². The van der Waals surface area contributed by atoms with Crippen LogP contribution in [0.25, 0.3) is 0 Å². The second-order valence-electron chi connectivity index (χ2n) is 6.31. The number of hydrogen-bond acceptors (Lipinski definition) is 1. The minimum absolute atomic E-state index is 0.0352. The highest BCUT2D eigenvalue weighted by Gasteiger charge is 2.40. The van der Waals surface area contributed by atoms with E-state index in [1.54, 1.807) is 0 Å². The average molecular weight is 241 g/mol. The van der Waals surface area contributed by atoms with Gasteiger partial charge in [0.05, 0.1) is 0 Å². The Morgan fingerprint density at radius 1 is 0.706 bits per heavy atom. The van der Waals surface area contributed by atoms with Crippen molar-refractivity contribution >= 4 is 0 Å². The molecule has 0 aromatic rings. The molecule has 104 valence electrons. The van der Waals surface area contributed by atoms with Gasteiger partial charge in [-0.05, 0) is 38.5 Å². The molecule has 0 saturated heterocycles. The summed E-state index contributed by atoms with van der Waals surface area (Å²) in [4.78, 5) is 0. The molecule has 0 spiro atoms. The van der Waals surface area contributed by atoms with E-state index in [1.165, 1.54) is 57.8 Å². The van der Waals surface area contributed by atoms with E-state index in [9.17, 15) is 0 Å². The van der Waals surface area contributed by atoms with Crippen molar-refractivity contribution in [1.82, 2.24) is 0 Å². The second-order valence-corrected chi connectivity index (χ2v) is 6.31. The van der Waals surface area contributed by atoms with E-state index in [-0.39, 0.29) is 5.54 Å². The van der Waals surface area contributed by atoms with Gasteiger partial charge in [-0.3, -0.25) is 0 Å². The van der Waals surface area contributed by atoms with Crippen LogP contribution in [0.15, 0.2) is 0 Å². The van der Waals surface area contributed by atoms with Crippen LogP contribution < -0.4 is 5.73 Å². The van der Waals surface area contributed by atoms with Gasteiger partial charge in [-0.15, -0.1) is 0 Å². The molecule has 0 aromatic heterocycles. The maximum atomic E-state index is 6.54. The Hall–Kier alpha value is -0.0400. The zero-order valence-electron chi connectivity index (χ0n) is 12.9. The van der Waals surface area contributed by atoms with Crippen LogP contribution in [0.1, 0.15) is 92.4 Å². The molecule has 0 rings (SSSR count). The van der Waals surface area contributed by atoms with Crippen molar-refractivity contribution in [1.29, 1.82) is 0 Å². The smallest absolute Gasteiger partial charge is 0.0154 e. The van der Waals surface area contributed by atoms with Gasteiger partial charge in [0.25, 0.3) is 0 Å². The zero-order chi connectivity index (χ0) is 13.4. The van der Waals surface area contributed by atoms with E-state index in [4.69, 9.17) is 5.73 Å². The fraction of sp³-hybridized carbons (Fsp3) is 1.00. The van der Waals surface area contributed by atoms with E-state index in [2.05, 4.69) is 34.6 Å². The first kappa shape index (κ1) is 17.0. The minimum atomic E-state index is -0.0352. The standard InChI is InChI=1S/C16H35N/c1-6-9-12-16(13-10-7-2,14-11-8-3)15(4,5)17/h6-14,17H2,1-5H3. The van der Waals surface area contributed by atoms with Crippen molar-refractivity contribution in [3.63, 3.8) is 0 Å². The van der Waals surface area contributed by atoms with Gasteiger partial charge in [0.15, 0.2) is 0 Å². The van der Waals surface area contributed by atoms with Crippen LogP contribution in [0.4, 0.5) is 0 Å². The Balaban J connectivity index is 4.78. The van der Waals surface area contributed by atoms with Crippen LogP contribution in [0, 0.1) is 5.41 Å². The van der Waals surface area contributed by atoms with Crippen molar-refractivity contribution in [2.75, 3.05) is 0 Å². The number of hydrogen-bond donors (Lipinski definition) is 1. The summed E-state index contributed by atoms with van der Waals surface area (Å²) in [6.07, 6.45) is 11.8. The molecule has 0 bridgehead atoms. The third-order valence-corrected chi connectivity index (χ3v) is 4.39. The van der Waals surface area contributed by atoms with Crippen LogP contribution in [0.2, 0.25) is 0 Å². The average Bonchev–Trinajstić information content (AvgIpc) is 2.27.